The van der Waals surface area contributed by atoms with Crippen LogP contribution >= 0.6 is 0 Å². The van der Waals surface area contributed by atoms with Crippen molar-refractivity contribution in [2.24, 2.45) is 0 Å². The molecular weight excluding hydrogens is 268 g/mol. The number of hydrogen-bond donors (Lipinski definition) is 0. The third kappa shape index (κ3) is 3.57. The molecule has 2 rings (SSSR count). The van der Waals surface area contributed by atoms with Crippen molar-refractivity contribution in [1.29, 1.82) is 0 Å². The number of carbonyl (C=O) groups is 2. The van der Waals surface area contributed by atoms with Gasteiger partial charge in [0.2, 0.25) is 11.8 Å². The number of piperidine rings is 1. The summed E-state index contributed by atoms with van der Waals surface area (Å²) in [5, 5.41) is 0. The molecular formula is C16H28N2O3. The normalized spacial score (nSPS) is 26.2. The average Bonchev–Trinajstić information content (AvgIpc) is 2.52. The van der Waals surface area contributed by atoms with Crippen LogP contribution < -0.4 is 0 Å². The van der Waals surface area contributed by atoms with Gasteiger partial charge < -0.3 is 14.5 Å². The molecule has 120 valence electrons. The number of carbonyl (C=O) groups excluding carboxylic acids is 2. The first kappa shape index (κ1) is 16.3. The highest BCUT2D eigenvalue weighted by atomic mass is 16.5. The van der Waals surface area contributed by atoms with Gasteiger partial charge in [-0.15, -0.1) is 0 Å². The maximum Gasteiger partial charge on any atom is 0.246 e. The highest BCUT2D eigenvalue weighted by Crippen LogP contribution is 2.27. The van der Waals surface area contributed by atoms with Gasteiger partial charge in [-0.1, -0.05) is 6.92 Å². The van der Waals surface area contributed by atoms with Gasteiger partial charge >= 0.3 is 0 Å². The number of nitrogens with zero attached hydrogens (tertiary/aromatic N) is 2. The van der Waals surface area contributed by atoms with E-state index in [1.807, 2.05) is 16.7 Å². The molecule has 0 saturated carbocycles. The summed E-state index contributed by atoms with van der Waals surface area (Å²) in [7, 11) is 1.71. The number of ether oxygens (including phenoxy) is 1. The Morgan fingerprint density at radius 2 is 1.95 bits per heavy atom. The van der Waals surface area contributed by atoms with E-state index in [2.05, 4.69) is 0 Å². The summed E-state index contributed by atoms with van der Waals surface area (Å²) in [6.45, 7) is 4.23. The molecule has 0 spiro atoms. The Balaban J connectivity index is 1.97. The predicted molar refractivity (Wildman–Crippen MR) is 80.9 cm³/mol. The molecule has 0 bridgehead atoms. The molecule has 2 atom stereocenters. The molecule has 2 aliphatic heterocycles. The third-order valence-corrected chi connectivity index (χ3v) is 4.65. The molecule has 0 radical (unpaired) electrons. The Bertz CT molecular complexity index is 373. The summed E-state index contributed by atoms with van der Waals surface area (Å²) in [5.74, 6) is 0.339. The quantitative estimate of drug-likeness (QED) is 0.673. The molecule has 2 fully saturated rings. The zero-order valence-electron chi connectivity index (χ0n) is 13.3. The first-order chi connectivity index (χ1) is 10.2. The lowest BCUT2D eigenvalue weighted by atomic mass is 9.94. The second kappa shape index (κ2) is 7.78. The number of piperazine rings is 1. The fourth-order valence-corrected chi connectivity index (χ4v) is 3.49. The molecule has 2 aliphatic rings. The Morgan fingerprint density at radius 3 is 2.67 bits per heavy atom. The molecule has 0 N–H and O–H groups in total. The van der Waals surface area contributed by atoms with Gasteiger partial charge in [0.1, 0.15) is 12.1 Å². The molecule has 2 amide bonds. The number of fused-ring (bicyclic) bond motifs is 1. The summed E-state index contributed by atoms with van der Waals surface area (Å²) >= 11 is 0. The van der Waals surface area contributed by atoms with E-state index in [1.54, 1.807) is 7.11 Å². The van der Waals surface area contributed by atoms with Crippen molar-refractivity contribution in [1.82, 2.24) is 9.80 Å². The molecule has 5 nitrogen and oxygen atoms in total. The summed E-state index contributed by atoms with van der Waals surface area (Å²) in [6.07, 6.45) is 6.63. The van der Waals surface area contributed by atoms with E-state index in [0.29, 0.717) is 13.0 Å². The number of unbranched alkanes of at least 4 members (excludes halogenated alkanes) is 2. The first-order valence-corrected chi connectivity index (χ1v) is 8.30. The Kier molecular flexibility index (Phi) is 6.03. The van der Waals surface area contributed by atoms with Crippen molar-refractivity contribution in [3.63, 3.8) is 0 Å². The van der Waals surface area contributed by atoms with Crippen molar-refractivity contribution in [3.05, 3.63) is 0 Å². The monoisotopic (exact) mass is 296 g/mol. The van der Waals surface area contributed by atoms with Gasteiger partial charge in [0, 0.05) is 26.8 Å². The van der Waals surface area contributed by atoms with Crippen LogP contribution in [0.25, 0.3) is 0 Å². The van der Waals surface area contributed by atoms with E-state index >= 15 is 0 Å². The molecule has 0 aromatic heterocycles. The van der Waals surface area contributed by atoms with Crippen molar-refractivity contribution >= 4 is 11.8 Å². The topological polar surface area (TPSA) is 49.9 Å². The van der Waals surface area contributed by atoms with E-state index < -0.39 is 0 Å². The van der Waals surface area contributed by atoms with Crippen LogP contribution in [0.3, 0.4) is 0 Å². The largest absolute Gasteiger partial charge is 0.385 e. The standard InChI is InChI=1S/C16H28N2O3/c1-3-13-15(19)18-11-7-5-9-14(18)16(20)17(13)10-6-4-8-12-21-2/h13-14H,3-12H2,1-2H3. The summed E-state index contributed by atoms with van der Waals surface area (Å²) in [4.78, 5) is 29.0. The van der Waals surface area contributed by atoms with Crippen molar-refractivity contribution in [2.45, 2.75) is 64.0 Å². The Labute approximate surface area is 127 Å². The maximum absolute atomic E-state index is 12.7. The molecule has 0 aromatic carbocycles. The fraction of sp³-hybridized carbons (Fsp3) is 0.875. The minimum Gasteiger partial charge on any atom is -0.385 e. The Hall–Kier alpha value is -1.10. The van der Waals surface area contributed by atoms with Gasteiger partial charge in [0.15, 0.2) is 0 Å². The molecule has 21 heavy (non-hydrogen) atoms. The zero-order valence-corrected chi connectivity index (χ0v) is 13.3. The van der Waals surface area contributed by atoms with Crippen LogP contribution in [-0.4, -0.2) is 60.5 Å². The first-order valence-electron chi connectivity index (χ1n) is 8.30. The lowest BCUT2D eigenvalue weighted by molar-refractivity contribution is -0.164. The minimum absolute atomic E-state index is 0.165. The fourth-order valence-electron chi connectivity index (χ4n) is 3.49. The van der Waals surface area contributed by atoms with Crippen LogP contribution in [0.4, 0.5) is 0 Å². The van der Waals surface area contributed by atoms with Gasteiger partial charge in [0.05, 0.1) is 0 Å². The van der Waals surface area contributed by atoms with E-state index in [9.17, 15) is 9.59 Å². The van der Waals surface area contributed by atoms with Crippen LogP contribution in [0.1, 0.15) is 51.9 Å². The van der Waals surface area contributed by atoms with E-state index in [0.717, 1.165) is 51.7 Å². The molecule has 0 aromatic rings. The van der Waals surface area contributed by atoms with Gasteiger partial charge in [-0.3, -0.25) is 9.59 Å². The Morgan fingerprint density at radius 1 is 1.14 bits per heavy atom. The summed E-state index contributed by atoms with van der Waals surface area (Å²) in [5.41, 5.74) is 0. The highest BCUT2D eigenvalue weighted by Gasteiger charge is 2.45. The smallest absolute Gasteiger partial charge is 0.246 e. The zero-order chi connectivity index (χ0) is 15.2. The number of methoxy groups -OCH3 is 1. The lowest BCUT2D eigenvalue weighted by Gasteiger charge is -2.47. The van der Waals surface area contributed by atoms with Crippen LogP contribution in [0.2, 0.25) is 0 Å². The average molecular weight is 296 g/mol. The SMILES string of the molecule is CCC1C(=O)N2CCCCC2C(=O)N1CCCCCOC. The van der Waals surface area contributed by atoms with Gasteiger partial charge in [-0.05, 0) is 44.9 Å². The molecule has 5 heteroatoms. The number of rotatable bonds is 7. The second-order valence-corrected chi connectivity index (χ2v) is 6.05. The van der Waals surface area contributed by atoms with Crippen LogP contribution in [-0.2, 0) is 14.3 Å². The summed E-state index contributed by atoms with van der Waals surface area (Å²) < 4.78 is 5.04. The van der Waals surface area contributed by atoms with Gasteiger partial charge in [0.25, 0.3) is 0 Å². The van der Waals surface area contributed by atoms with Crippen molar-refractivity contribution in [3.8, 4) is 0 Å². The van der Waals surface area contributed by atoms with E-state index in [4.69, 9.17) is 4.74 Å². The molecule has 2 heterocycles. The van der Waals surface area contributed by atoms with Crippen LogP contribution in [0, 0.1) is 0 Å². The number of hydrogen-bond acceptors (Lipinski definition) is 3. The van der Waals surface area contributed by atoms with Gasteiger partial charge in [-0.2, -0.15) is 0 Å². The summed E-state index contributed by atoms with van der Waals surface area (Å²) in [6, 6.07) is -0.428. The van der Waals surface area contributed by atoms with Crippen molar-refractivity contribution in [2.75, 3.05) is 26.8 Å². The van der Waals surface area contributed by atoms with E-state index in [1.165, 1.54) is 0 Å². The lowest BCUT2D eigenvalue weighted by Crippen LogP contribution is -2.65. The highest BCUT2D eigenvalue weighted by molar-refractivity contribution is 5.97. The van der Waals surface area contributed by atoms with Crippen LogP contribution in [0.5, 0.6) is 0 Å². The van der Waals surface area contributed by atoms with Crippen LogP contribution in [0.15, 0.2) is 0 Å². The van der Waals surface area contributed by atoms with Crippen molar-refractivity contribution < 1.29 is 14.3 Å². The van der Waals surface area contributed by atoms with E-state index in [-0.39, 0.29) is 23.9 Å². The maximum atomic E-state index is 12.7. The third-order valence-electron chi connectivity index (χ3n) is 4.65. The molecule has 2 unspecified atom stereocenters. The second-order valence-electron chi connectivity index (χ2n) is 6.05. The molecule has 2 saturated heterocycles. The number of amides is 2. The molecule has 0 aliphatic carbocycles. The van der Waals surface area contributed by atoms with Gasteiger partial charge in [-0.25, -0.2) is 0 Å². The minimum atomic E-state index is -0.241. The predicted octanol–water partition coefficient (Wildman–Crippen LogP) is 1.80.